The van der Waals surface area contributed by atoms with Gasteiger partial charge >= 0.3 is 19.0 Å². The average molecular weight is 256 g/mol. The van der Waals surface area contributed by atoms with Crippen LogP contribution >= 0.6 is 0 Å². The summed E-state index contributed by atoms with van der Waals surface area (Å²) >= 11 is 0. The molecule has 10 heteroatoms. The van der Waals surface area contributed by atoms with Crippen molar-refractivity contribution in [1.29, 1.82) is 0 Å². The van der Waals surface area contributed by atoms with Crippen LogP contribution in [0.25, 0.3) is 0 Å². The zero-order chi connectivity index (χ0) is 14.0. The fraction of sp³-hybridized carbons (Fsp3) is 0.625. The van der Waals surface area contributed by atoms with Crippen LogP contribution in [0.1, 0.15) is 0 Å². The molecule has 0 spiro atoms. The van der Waals surface area contributed by atoms with Gasteiger partial charge in [0, 0.05) is 0 Å². The number of hydrogen-bond donors (Lipinski definition) is 3. The van der Waals surface area contributed by atoms with Gasteiger partial charge in [-0.2, -0.15) is 0 Å². The Morgan fingerprint density at radius 3 is 2.11 bits per heavy atom. The summed E-state index contributed by atoms with van der Waals surface area (Å²) in [5, 5.41) is 13.3. The fourth-order valence-corrected chi connectivity index (χ4v) is 0.803. The zero-order valence-corrected chi connectivity index (χ0v) is 9.97. The van der Waals surface area contributed by atoms with Crippen molar-refractivity contribution in [1.82, 2.24) is 10.5 Å². The molecule has 18 heavy (non-hydrogen) atoms. The van der Waals surface area contributed by atoms with Crippen LogP contribution in [0.3, 0.4) is 0 Å². The van der Waals surface area contributed by atoms with Crippen LogP contribution in [0.4, 0.5) is 4.79 Å². The van der Waals surface area contributed by atoms with Crippen molar-refractivity contribution in [3.63, 3.8) is 0 Å². The molecular weight excluding hydrogens is 242 g/mol. The van der Waals surface area contributed by atoms with Crippen molar-refractivity contribution in [2.24, 2.45) is 0 Å². The highest BCUT2D eigenvalue weighted by Gasteiger charge is 2.08. The Labute approximate surface area is 106 Å². The Morgan fingerprint density at radius 1 is 1.17 bits per heavy atom. The van der Waals surface area contributed by atoms with Crippen LogP contribution in [0.2, 0.25) is 6.82 Å². The SMILES string of the molecule is [B]C(=O)NCC(=O)OCCOC(=O)CNB(C)O. The third-order valence-electron chi connectivity index (χ3n) is 1.56. The maximum atomic E-state index is 11.0. The van der Waals surface area contributed by atoms with E-state index in [0.717, 1.165) is 0 Å². The van der Waals surface area contributed by atoms with Crippen molar-refractivity contribution >= 4 is 32.6 Å². The maximum absolute atomic E-state index is 11.0. The lowest BCUT2D eigenvalue weighted by atomic mass is 9.89. The molecule has 0 unspecified atom stereocenters. The molecule has 0 heterocycles. The van der Waals surface area contributed by atoms with Gasteiger partial charge < -0.3 is 25.0 Å². The van der Waals surface area contributed by atoms with Crippen molar-refractivity contribution in [3.8, 4) is 0 Å². The van der Waals surface area contributed by atoms with Gasteiger partial charge in [-0.3, -0.25) is 14.4 Å². The van der Waals surface area contributed by atoms with E-state index in [2.05, 4.69) is 14.7 Å². The summed E-state index contributed by atoms with van der Waals surface area (Å²) in [7, 11) is 3.93. The lowest BCUT2D eigenvalue weighted by Gasteiger charge is -2.07. The zero-order valence-electron chi connectivity index (χ0n) is 9.97. The van der Waals surface area contributed by atoms with Gasteiger partial charge in [0.1, 0.15) is 19.8 Å². The molecule has 3 N–H and O–H groups in total. The monoisotopic (exact) mass is 256 g/mol. The second kappa shape index (κ2) is 9.49. The summed E-state index contributed by atoms with van der Waals surface area (Å²) in [6.07, 6.45) is 0. The summed E-state index contributed by atoms with van der Waals surface area (Å²) in [4.78, 5) is 32.2. The van der Waals surface area contributed by atoms with Gasteiger partial charge in [0.25, 0.3) is 0 Å². The van der Waals surface area contributed by atoms with Gasteiger partial charge in [-0.15, -0.1) is 0 Å². The lowest BCUT2D eigenvalue weighted by molar-refractivity contribution is -0.150. The van der Waals surface area contributed by atoms with Crippen LogP contribution < -0.4 is 10.5 Å². The van der Waals surface area contributed by atoms with Crippen molar-refractivity contribution < 1.29 is 28.9 Å². The van der Waals surface area contributed by atoms with Gasteiger partial charge in [-0.1, -0.05) is 0 Å². The van der Waals surface area contributed by atoms with Gasteiger partial charge in [0.05, 0.1) is 6.54 Å². The van der Waals surface area contributed by atoms with Crippen LogP contribution in [-0.4, -0.2) is 64.0 Å². The van der Waals surface area contributed by atoms with Crippen molar-refractivity contribution in [2.75, 3.05) is 26.3 Å². The fourth-order valence-electron chi connectivity index (χ4n) is 0.803. The van der Waals surface area contributed by atoms with E-state index < -0.39 is 24.8 Å². The normalized spacial score (nSPS) is 9.44. The number of carbonyl (C=O) groups is 3. The number of rotatable bonds is 8. The van der Waals surface area contributed by atoms with E-state index in [0.29, 0.717) is 0 Å². The quantitative estimate of drug-likeness (QED) is 0.253. The predicted molar refractivity (Wildman–Crippen MR) is 62.9 cm³/mol. The van der Waals surface area contributed by atoms with Gasteiger partial charge in [0.15, 0.2) is 5.81 Å². The molecule has 98 valence electrons. The lowest BCUT2D eigenvalue weighted by Crippen LogP contribution is -2.36. The Bertz CT molecular complexity index is 299. The van der Waals surface area contributed by atoms with Gasteiger partial charge in [-0.25, -0.2) is 0 Å². The smallest absolute Gasteiger partial charge is 0.374 e. The number of carbonyl (C=O) groups excluding carboxylic acids is 3. The summed E-state index contributed by atoms with van der Waals surface area (Å²) in [5.74, 6) is -2.10. The molecule has 0 saturated heterocycles. The van der Waals surface area contributed by atoms with Gasteiger partial charge in [0.2, 0.25) is 7.85 Å². The molecule has 1 amide bonds. The first-order chi connectivity index (χ1) is 8.41. The summed E-state index contributed by atoms with van der Waals surface area (Å²) in [5.41, 5.74) is 0. The summed E-state index contributed by atoms with van der Waals surface area (Å²) in [6.45, 7) is 0.741. The molecule has 0 atom stereocenters. The molecule has 0 saturated carbocycles. The molecule has 0 aliphatic carbocycles. The van der Waals surface area contributed by atoms with E-state index in [1.165, 1.54) is 6.82 Å². The van der Waals surface area contributed by atoms with E-state index in [4.69, 9.17) is 12.9 Å². The largest absolute Gasteiger partial charge is 0.461 e. The molecule has 8 nitrogen and oxygen atoms in total. The molecule has 0 fully saturated rings. The highest BCUT2D eigenvalue weighted by atomic mass is 16.6. The first-order valence-corrected chi connectivity index (χ1v) is 5.18. The third kappa shape index (κ3) is 11.0. The number of nitrogens with one attached hydrogen (secondary N) is 2. The maximum Gasteiger partial charge on any atom is 0.374 e. The molecule has 0 aromatic heterocycles. The second-order valence-corrected chi connectivity index (χ2v) is 3.22. The number of hydrogen-bond acceptors (Lipinski definition) is 7. The standard InChI is InChI=1S/C8H14B2N2O6/c1-10(16)12-5-7(14)18-3-2-17-6(13)4-11-8(9)15/h12,16H,2-5H2,1H3,(H,11,15). The molecule has 0 aliphatic rings. The van der Waals surface area contributed by atoms with Gasteiger partial charge in [-0.05, 0) is 6.82 Å². The minimum absolute atomic E-state index is 0.108. The first kappa shape index (κ1) is 16.5. The first-order valence-electron chi connectivity index (χ1n) is 5.18. The molecule has 0 aromatic carbocycles. The number of esters is 2. The van der Waals surface area contributed by atoms with E-state index in [1.54, 1.807) is 0 Å². The second-order valence-electron chi connectivity index (χ2n) is 3.22. The molecule has 0 rings (SSSR count). The Balaban J connectivity index is 3.46. The van der Waals surface area contributed by atoms with Crippen molar-refractivity contribution in [2.45, 2.75) is 6.82 Å². The molecule has 0 aliphatic heterocycles. The predicted octanol–water partition coefficient (Wildman–Crippen LogP) is -2.35. The van der Waals surface area contributed by atoms with E-state index in [-0.39, 0.29) is 26.3 Å². The molecule has 0 aromatic rings. The Hall–Kier alpha value is -1.54. The Morgan fingerprint density at radius 2 is 1.67 bits per heavy atom. The van der Waals surface area contributed by atoms with Crippen LogP contribution in [0, 0.1) is 0 Å². The molecule has 0 bridgehead atoms. The number of ether oxygens (including phenoxy) is 2. The average Bonchev–Trinajstić information content (AvgIpc) is 2.29. The highest BCUT2D eigenvalue weighted by molar-refractivity contribution is 6.57. The van der Waals surface area contributed by atoms with Crippen LogP contribution in [0.5, 0.6) is 0 Å². The molecular formula is C8H14B2N2O6. The van der Waals surface area contributed by atoms with E-state index >= 15 is 0 Å². The Kier molecular flexibility index (Phi) is 8.67. The number of amides is 1. The summed E-state index contributed by atoms with van der Waals surface area (Å²) in [6, 6.07) is 0. The van der Waals surface area contributed by atoms with Crippen LogP contribution in [0.15, 0.2) is 0 Å². The highest BCUT2D eigenvalue weighted by Crippen LogP contribution is 1.82. The minimum atomic E-state index is -0.831. The van der Waals surface area contributed by atoms with E-state index in [9.17, 15) is 14.4 Å². The summed E-state index contributed by atoms with van der Waals surface area (Å²) < 4.78 is 9.28. The minimum Gasteiger partial charge on any atom is -0.461 e. The van der Waals surface area contributed by atoms with Crippen LogP contribution in [-0.2, 0) is 19.1 Å². The topological polar surface area (TPSA) is 114 Å². The van der Waals surface area contributed by atoms with E-state index in [1.807, 2.05) is 5.32 Å². The molecule has 2 radical (unpaired) electrons. The third-order valence-corrected chi connectivity index (χ3v) is 1.56. The van der Waals surface area contributed by atoms with Crippen molar-refractivity contribution in [3.05, 3.63) is 0 Å².